The lowest BCUT2D eigenvalue weighted by atomic mass is 10.3. The summed E-state index contributed by atoms with van der Waals surface area (Å²) < 4.78 is 2.15. The van der Waals surface area contributed by atoms with E-state index in [1.165, 1.54) is 38.5 Å². The summed E-state index contributed by atoms with van der Waals surface area (Å²) in [6, 6.07) is 3.38. The number of amidine groups is 1. The van der Waals surface area contributed by atoms with Crippen molar-refractivity contribution in [2.24, 2.45) is 10.9 Å². The molecule has 1 aromatic rings. The van der Waals surface area contributed by atoms with Crippen LogP contribution in [0.4, 0.5) is 0 Å². The monoisotopic (exact) mass is 291 g/mol. The summed E-state index contributed by atoms with van der Waals surface area (Å²) in [5.74, 6) is 0.303. The maximum absolute atomic E-state index is 8.64. The van der Waals surface area contributed by atoms with Gasteiger partial charge in [-0.1, -0.05) is 18.0 Å². The van der Waals surface area contributed by atoms with E-state index < -0.39 is 0 Å². The van der Waals surface area contributed by atoms with Gasteiger partial charge in [-0.05, 0) is 31.7 Å². The Morgan fingerprint density at radius 2 is 2.14 bits per heavy atom. The molecule has 0 spiro atoms. The minimum absolute atomic E-state index is 0.303. The molecule has 0 amide bonds. The van der Waals surface area contributed by atoms with Gasteiger partial charge in [0.15, 0.2) is 0 Å². The second-order valence-electron chi connectivity index (χ2n) is 6.27. The van der Waals surface area contributed by atoms with E-state index in [1.807, 2.05) is 0 Å². The highest BCUT2D eigenvalue weighted by atomic mass is 16.4. The second kappa shape index (κ2) is 6.47. The molecule has 2 aliphatic rings. The highest BCUT2D eigenvalue weighted by Crippen LogP contribution is 2.30. The maximum atomic E-state index is 8.64. The predicted molar refractivity (Wildman–Crippen MR) is 81.2 cm³/mol. The van der Waals surface area contributed by atoms with Crippen LogP contribution >= 0.6 is 0 Å². The molecule has 3 rings (SSSR count). The molecule has 2 aliphatic carbocycles. The van der Waals surface area contributed by atoms with Crippen molar-refractivity contribution in [1.29, 1.82) is 0 Å². The Labute approximate surface area is 125 Å². The first-order valence-electron chi connectivity index (χ1n) is 8.01. The van der Waals surface area contributed by atoms with E-state index in [1.54, 1.807) is 0 Å². The Hall–Kier alpha value is -1.56. The summed E-state index contributed by atoms with van der Waals surface area (Å²) in [4.78, 5) is 2.40. The maximum Gasteiger partial charge on any atom is 0.140 e. The van der Waals surface area contributed by atoms with Crippen LogP contribution in [-0.2, 0) is 6.54 Å². The Morgan fingerprint density at radius 1 is 1.38 bits per heavy atom. The fourth-order valence-corrected chi connectivity index (χ4v) is 3.18. The van der Waals surface area contributed by atoms with Gasteiger partial charge in [0.25, 0.3) is 0 Å². The van der Waals surface area contributed by atoms with Crippen LogP contribution in [0.1, 0.15) is 56.7 Å². The van der Waals surface area contributed by atoms with E-state index in [9.17, 15) is 0 Å². The van der Waals surface area contributed by atoms with Crippen molar-refractivity contribution in [2.45, 2.75) is 63.6 Å². The Balaban J connectivity index is 1.57. The lowest BCUT2D eigenvalue weighted by Crippen LogP contribution is -2.30. The SMILES string of the molecule is NC(CCN(Cc1ccn(C2CCCC2)n1)C1CC1)=NO. The van der Waals surface area contributed by atoms with E-state index in [0.717, 1.165) is 18.8 Å². The second-order valence-corrected chi connectivity index (χ2v) is 6.27. The number of rotatable bonds is 7. The number of aromatic nitrogens is 2. The quantitative estimate of drug-likeness (QED) is 0.349. The first kappa shape index (κ1) is 14.4. The molecule has 0 radical (unpaired) electrons. The number of nitrogens with two attached hydrogens (primary N) is 1. The van der Waals surface area contributed by atoms with Crippen molar-refractivity contribution in [3.63, 3.8) is 0 Å². The van der Waals surface area contributed by atoms with Crippen molar-refractivity contribution >= 4 is 5.84 Å². The standard InChI is InChI=1S/C15H25N5O/c16-15(18-21)8-9-19(13-5-6-13)11-12-7-10-20(17-12)14-3-1-2-4-14/h7,10,13-14,21H,1-6,8-9,11H2,(H2,16,18). The van der Waals surface area contributed by atoms with E-state index in [4.69, 9.17) is 16.0 Å². The molecule has 0 bridgehead atoms. The van der Waals surface area contributed by atoms with Crippen molar-refractivity contribution < 1.29 is 5.21 Å². The predicted octanol–water partition coefficient (Wildman–Crippen LogP) is 2.10. The molecule has 0 unspecified atom stereocenters. The number of nitrogens with zero attached hydrogens (tertiary/aromatic N) is 4. The average molecular weight is 291 g/mol. The summed E-state index contributed by atoms with van der Waals surface area (Å²) in [5.41, 5.74) is 6.71. The van der Waals surface area contributed by atoms with Crippen LogP contribution in [0.15, 0.2) is 17.4 Å². The van der Waals surface area contributed by atoms with Gasteiger partial charge in [0.2, 0.25) is 0 Å². The van der Waals surface area contributed by atoms with Gasteiger partial charge in [0.05, 0.1) is 11.7 Å². The van der Waals surface area contributed by atoms with Gasteiger partial charge >= 0.3 is 0 Å². The average Bonchev–Trinajstić information content (AvgIpc) is 3.02. The van der Waals surface area contributed by atoms with Crippen LogP contribution in [0.25, 0.3) is 0 Å². The fraction of sp³-hybridized carbons (Fsp3) is 0.733. The molecule has 2 fully saturated rings. The number of oxime groups is 1. The molecular formula is C15H25N5O. The lowest BCUT2D eigenvalue weighted by molar-refractivity contribution is 0.255. The van der Waals surface area contributed by atoms with Crippen LogP contribution < -0.4 is 5.73 Å². The van der Waals surface area contributed by atoms with Gasteiger partial charge in [-0.2, -0.15) is 5.10 Å². The summed E-state index contributed by atoms with van der Waals surface area (Å²) in [6.45, 7) is 1.69. The van der Waals surface area contributed by atoms with Crippen LogP contribution in [0.3, 0.4) is 0 Å². The molecule has 1 aromatic heterocycles. The van der Waals surface area contributed by atoms with Crippen molar-refractivity contribution in [3.05, 3.63) is 18.0 Å². The zero-order valence-electron chi connectivity index (χ0n) is 12.5. The van der Waals surface area contributed by atoms with Crippen LogP contribution in [0, 0.1) is 0 Å². The smallest absolute Gasteiger partial charge is 0.140 e. The Morgan fingerprint density at radius 3 is 2.81 bits per heavy atom. The molecular weight excluding hydrogens is 266 g/mol. The number of hydrogen-bond donors (Lipinski definition) is 2. The fourth-order valence-electron chi connectivity index (χ4n) is 3.18. The highest BCUT2D eigenvalue weighted by Gasteiger charge is 2.29. The van der Waals surface area contributed by atoms with Crippen molar-refractivity contribution in [2.75, 3.05) is 6.54 Å². The van der Waals surface area contributed by atoms with Gasteiger partial charge in [-0.3, -0.25) is 9.58 Å². The third-order valence-corrected chi connectivity index (χ3v) is 4.57. The van der Waals surface area contributed by atoms with E-state index >= 15 is 0 Å². The summed E-state index contributed by atoms with van der Waals surface area (Å²) in [5, 5.41) is 16.5. The molecule has 6 nitrogen and oxygen atoms in total. The Kier molecular flexibility index (Phi) is 4.43. The molecule has 0 atom stereocenters. The lowest BCUT2D eigenvalue weighted by Gasteiger charge is -2.20. The van der Waals surface area contributed by atoms with Gasteiger partial charge in [0, 0.05) is 31.7 Å². The molecule has 1 heterocycles. The minimum atomic E-state index is 0.303. The van der Waals surface area contributed by atoms with Crippen molar-refractivity contribution in [1.82, 2.24) is 14.7 Å². The largest absolute Gasteiger partial charge is 0.409 e. The molecule has 6 heteroatoms. The molecule has 116 valence electrons. The van der Waals surface area contributed by atoms with Crippen LogP contribution in [-0.4, -0.2) is 38.3 Å². The molecule has 3 N–H and O–H groups in total. The zero-order chi connectivity index (χ0) is 14.7. The molecule has 21 heavy (non-hydrogen) atoms. The normalized spacial score (nSPS) is 20.5. The summed E-state index contributed by atoms with van der Waals surface area (Å²) >= 11 is 0. The van der Waals surface area contributed by atoms with Crippen molar-refractivity contribution in [3.8, 4) is 0 Å². The third kappa shape index (κ3) is 3.75. The zero-order valence-corrected chi connectivity index (χ0v) is 12.5. The summed E-state index contributed by atoms with van der Waals surface area (Å²) in [6.07, 6.45) is 10.4. The van der Waals surface area contributed by atoms with E-state index in [0.29, 0.717) is 24.3 Å². The number of hydrogen-bond acceptors (Lipinski definition) is 4. The van der Waals surface area contributed by atoms with Crippen LogP contribution in [0.2, 0.25) is 0 Å². The molecule has 0 aliphatic heterocycles. The van der Waals surface area contributed by atoms with Gasteiger partial charge in [-0.25, -0.2) is 0 Å². The highest BCUT2D eigenvalue weighted by molar-refractivity contribution is 5.79. The minimum Gasteiger partial charge on any atom is -0.409 e. The molecule has 0 saturated heterocycles. The summed E-state index contributed by atoms with van der Waals surface area (Å²) in [7, 11) is 0. The third-order valence-electron chi connectivity index (χ3n) is 4.57. The molecule has 2 saturated carbocycles. The van der Waals surface area contributed by atoms with Gasteiger partial charge in [-0.15, -0.1) is 0 Å². The first-order chi connectivity index (χ1) is 10.3. The Bertz CT molecular complexity index is 488. The van der Waals surface area contributed by atoms with E-state index in [-0.39, 0.29) is 0 Å². The first-order valence-corrected chi connectivity index (χ1v) is 8.01. The molecule has 0 aromatic carbocycles. The van der Waals surface area contributed by atoms with Gasteiger partial charge < -0.3 is 10.9 Å². The topological polar surface area (TPSA) is 79.7 Å². The van der Waals surface area contributed by atoms with E-state index in [2.05, 4.69) is 27.0 Å². The van der Waals surface area contributed by atoms with Gasteiger partial charge in [0.1, 0.15) is 5.84 Å². The van der Waals surface area contributed by atoms with Crippen LogP contribution in [0.5, 0.6) is 0 Å².